The lowest BCUT2D eigenvalue weighted by molar-refractivity contribution is -0.183. The maximum Gasteiger partial charge on any atom is 0.303 e. The molecule has 184 valence electrons. The Morgan fingerprint density at radius 2 is 1.85 bits per heavy atom. The number of hydrogen-bond acceptors (Lipinski definition) is 6. The van der Waals surface area contributed by atoms with E-state index in [-0.39, 0.29) is 24.0 Å². The van der Waals surface area contributed by atoms with Gasteiger partial charge < -0.3 is 9.47 Å². The second kappa shape index (κ2) is 8.06. The normalized spacial score (nSPS) is 42.8. The molecule has 0 spiro atoms. The minimum absolute atomic E-state index is 0.0582. The Balaban J connectivity index is 1.83. The summed E-state index contributed by atoms with van der Waals surface area (Å²) in [5.74, 6) is -2.10. The molecule has 4 aliphatic carbocycles. The van der Waals surface area contributed by atoms with E-state index in [1.165, 1.54) is 13.8 Å². The Hall–Kier alpha value is -1.92. The van der Waals surface area contributed by atoms with Crippen molar-refractivity contribution in [3.63, 3.8) is 0 Å². The molecule has 3 saturated carbocycles. The molecule has 0 radical (unpaired) electrons. The SMILES string of the molecule is C=C1C[C@H]2[C@@H]3CCC4=CC(=O)C=C[C@]4(C)[C@@]3(Cl)[C@@H](Cl)C[C@]2(C)[C@]1(OC(C)=O)C(=O)COC(C)=O. The molecule has 0 N–H and O–H groups in total. The van der Waals surface area contributed by atoms with E-state index in [1.807, 2.05) is 19.9 Å². The van der Waals surface area contributed by atoms with Gasteiger partial charge >= 0.3 is 11.9 Å². The quantitative estimate of drug-likeness (QED) is 0.316. The summed E-state index contributed by atoms with van der Waals surface area (Å²) in [7, 11) is 0. The van der Waals surface area contributed by atoms with Crippen molar-refractivity contribution in [3.8, 4) is 0 Å². The van der Waals surface area contributed by atoms with E-state index >= 15 is 0 Å². The Bertz CT molecular complexity index is 1060. The monoisotopic (exact) mass is 508 g/mol. The molecule has 3 fully saturated rings. The molecule has 34 heavy (non-hydrogen) atoms. The van der Waals surface area contributed by atoms with Crippen LogP contribution in [0.25, 0.3) is 0 Å². The molecular formula is C26H30Cl2O6. The van der Waals surface area contributed by atoms with Gasteiger partial charge in [0.05, 0.1) is 10.3 Å². The van der Waals surface area contributed by atoms with Crippen molar-refractivity contribution in [2.75, 3.05) is 6.61 Å². The molecule has 4 aliphatic rings. The van der Waals surface area contributed by atoms with Crippen LogP contribution in [0.4, 0.5) is 0 Å². The van der Waals surface area contributed by atoms with Gasteiger partial charge in [-0.25, -0.2) is 0 Å². The number of rotatable bonds is 4. The Morgan fingerprint density at radius 1 is 1.18 bits per heavy atom. The van der Waals surface area contributed by atoms with Gasteiger partial charge in [0.15, 0.2) is 18.0 Å². The third-order valence-electron chi connectivity index (χ3n) is 8.85. The third kappa shape index (κ3) is 3.13. The highest BCUT2D eigenvalue weighted by Crippen LogP contribution is 2.72. The maximum atomic E-state index is 13.6. The van der Waals surface area contributed by atoms with Crippen LogP contribution in [0.15, 0.2) is 36.0 Å². The van der Waals surface area contributed by atoms with Crippen LogP contribution in [0, 0.1) is 22.7 Å². The van der Waals surface area contributed by atoms with E-state index in [9.17, 15) is 19.2 Å². The summed E-state index contributed by atoms with van der Waals surface area (Å²) < 4.78 is 10.9. The van der Waals surface area contributed by atoms with Crippen LogP contribution in [0.2, 0.25) is 0 Å². The first kappa shape index (κ1) is 25.2. The van der Waals surface area contributed by atoms with E-state index in [0.29, 0.717) is 24.8 Å². The average Bonchev–Trinajstić information content (AvgIpc) is 2.95. The van der Waals surface area contributed by atoms with E-state index in [2.05, 4.69) is 6.58 Å². The molecule has 7 atom stereocenters. The molecule has 0 aromatic carbocycles. The van der Waals surface area contributed by atoms with Crippen LogP contribution in [-0.2, 0) is 28.7 Å². The number of carbonyl (C=O) groups is 4. The summed E-state index contributed by atoms with van der Waals surface area (Å²) >= 11 is 14.7. The van der Waals surface area contributed by atoms with Gasteiger partial charge in [-0.1, -0.05) is 32.1 Å². The number of esters is 2. The first-order valence-corrected chi connectivity index (χ1v) is 12.4. The smallest absolute Gasteiger partial charge is 0.303 e. The zero-order chi connectivity index (χ0) is 25.3. The summed E-state index contributed by atoms with van der Waals surface area (Å²) in [5.41, 5.74) is -1.75. The number of hydrogen-bond donors (Lipinski definition) is 0. The van der Waals surface area contributed by atoms with Gasteiger partial charge in [-0.3, -0.25) is 19.2 Å². The molecule has 6 nitrogen and oxygen atoms in total. The number of ketones is 2. The second-order valence-corrected chi connectivity index (χ2v) is 11.7. The fourth-order valence-corrected chi connectivity index (χ4v) is 8.57. The predicted octanol–water partition coefficient (Wildman–Crippen LogP) is 4.47. The first-order valence-electron chi connectivity index (χ1n) is 11.6. The van der Waals surface area contributed by atoms with Crippen molar-refractivity contribution in [1.82, 2.24) is 0 Å². The van der Waals surface area contributed by atoms with Gasteiger partial charge in [-0.05, 0) is 55.2 Å². The molecule has 0 saturated heterocycles. The molecule has 0 amide bonds. The summed E-state index contributed by atoms with van der Waals surface area (Å²) in [6.45, 7) is 10.0. The molecular weight excluding hydrogens is 479 g/mol. The van der Waals surface area contributed by atoms with Gasteiger partial charge in [0.25, 0.3) is 0 Å². The van der Waals surface area contributed by atoms with E-state index in [0.717, 1.165) is 5.57 Å². The molecule has 0 bridgehead atoms. The van der Waals surface area contributed by atoms with Gasteiger partial charge in [0, 0.05) is 24.7 Å². The summed E-state index contributed by atoms with van der Waals surface area (Å²) in [4.78, 5) is 48.5. The van der Waals surface area contributed by atoms with Crippen molar-refractivity contribution >= 4 is 46.7 Å². The van der Waals surface area contributed by atoms with Crippen molar-refractivity contribution < 1.29 is 28.7 Å². The second-order valence-electron chi connectivity index (χ2n) is 10.5. The molecule has 0 unspecified atom stereocenters. The van der Waals surface area contributed by atoms with Gasteiger partial charge in [0.2, 0.25) is 5.78 Å². The fourth-order valence-electron chi connectivity index (χ4n) is 7.34. The summed E-state index contributed by atoms with van der Waals surface area (Å²) in [6, 6.07) is 0. The zero-order valence-corrected chi connectivity index (χ0v) is 21.4. The van der Waals surface area contributed by atoms with Gasteiger partial charge in [0.1, 0.15) is 0 Å². The number of allylic oxidation sites excluding steroid dienone is 4. The molecule has 0 aromatic rings. The Kier molecular flexibility index (Phi) is 5.97. The maximum absolute atomic E-state index is 13.6. The molecule has 4 rings (SSSR count). The van der Waals surface area contributed by atoms with Crippen molar-refractivity contribution in [3.05, 3.63) is 36.0 Å². The van der Waals surface area contributed by atoms with Gasteiger partial charge in [-0.15, -0.1) is 23.2 Å². The fraction of sp³-hybridized carbons (Fsp3) is 0.615. The first-order chi connectivity index (χ1) is 15.7. The lowest BCUT2D eigenvalue weighted by Gasteiger charge is -2.63. The van der Waals surface area contributed by atoms with Crippen LogP contribution < -0.4 is 0 Å². The number of halogens is 2. The highest BCUT2D eigenvalue weighted by molar-refractivity contribution is 6.34. The highest BCUT2D eigenvalue weighted by Gasteiger charge is 2.75. The molecule has 0 aliphatic heterocycles. The number of alkyl halides is 2. The molecule has 0 heterocycles. The van der Waals surface area contributed by atoms with E-state index in [1.54, 1.807) is 12.2 Å². The highest BCUT2D eigenvalue weighted by atomic mass is 35.5. The number of carbonyl (C=O) groups excluding carboxylic acids is 4. The number of ether oxygens (including phenoxy) is 2. The molecule has 0 aromatic heterocycles. The largest absolute Gasteiger partial charge is 0.458 e. The molecule has 8 heteroatoms. The Labute approximate surface area is 209 Å². The Morgan fingerprint density at radius 3 is 2.47 bits per heavy atom. The van der Waals surface area contributed by atoms with Crippen LogP contribution >= 0.6 is 23.2 Å². The van der Waals surface area contributed by atoms with Crippen LogP contribution in [0.1, 0.15) is 53.4 Å². The summed E-state index contributed by atoms with van der Waals surface area (Å²) in [6.07, 6.45) is 7.15. The van der Waals surface area contributed by atoms with Crippen molar-refractivity contribution in [2.24, 2.45) is 22.7 Å². The van der Waals surface area contributed by atoms with Crippen molar-refractivity contribution in [1.29, 1.82) is 0 Å². The third-order valence-corrected chi connectivity index (χ3v) is 10.4. The lowest BCUT2D eigenvalue weighted by atomic mass is 9.46. The lowest BCUT2D eigenvalue weighted by Crippen LogP contribution is -2.68. The van der Waals surface area contributed by atoms with Crippen LogP contribution in [0.5, 0.6) is 0 Å². The average molecular weight is 509 g/mol. The predicted molar refractivity (Wildman–Crippen MR) is 127 cm³/mol. The summed E-state index contributed by atoms with van der Waals surface area (Å²) in [5, 5.41) is -0.602. The minimum atomic E-state index is -1.67. The van der Waals surface area contributed by atoms with Crippen LogP contribution in [-0.4, -0.2) is 46.0 Å². The van der Waals surface area contributed by atoms with Crippen molar-refractivity contribution in [2.45, 2.75) is 69.2 Å². The minimum Gasteiger partial charge on any atom is -0.458 e. The number of fused-ring (bicyclic) bond motifs is 5. The van der Waals surface area contributed by atoms with E-state index < -0.39 is 51.0 Å². The van der Waals surface area contributed by atoms with Gasteiger partial charge in [-0.2, -0.15) is 0 Å². The zero-order valence-electron chi connectivity index (χ0n) is 19.9. The van der Waals surface area contributed by atoms with E-state index in [4.69, 9.17) is 32.7 Å². The topological polar surface area (TPSA) is 86.7 Å². The number of Topliss-reactive ketones (excluding diaryl/α,β-unsaturated/α-hetero) is 1. The van der Waals surface area contributed by atoms with Crippen LogP contribution in [0.3, 0.4) is 0 Å². The standard InChI is InChI=1S/C26H30Cl2O6/c1-14-10-20-19-7-6-17-11-18(31)8-9-23(17,4)25(19,28)21(27)12-24(20,5)26(14,34-16(3)30)22(32)13-33-15(2)29/h8-9,11,19-21H,1,6-7,10,12-13H2,2-5H3/t19-,20-,21-,23-,24-,25-,26+/m0/s1.